The number of piperidine rings is 1. The Bertz CT molecular complexity index is 891. The Hall–Kier alpha value is -3.00. The number of hydrogen-bond acceptors (Lipinski definition) is 4. The molecule has 0 unspecified atom stereocenters. The van der Waals surface area contributed by atoms with Crippen LogP contribution < -0.4 is 5.56 Å². The van der Waals surface area contributed by atoms with Gasteiger partial charge in [0, 0.05) is 25.4 Å². The van der Waals surface area contributed by atoms with Crippen LogP contribution in [0.1, 0.15) is 22.3 Å². The van der Waals surface area contributed by atoms with Crippen LogP contribution in [-0.4, -0.2) is 51.2 Å². The number of carbonyl (C=O) groups is 2. The maximum atomic E-state index is 13.1. The molecule has 0 bridgehead atoms. The molecular formula is C19H19FN2O5. The lowest BCUT2D eigenvalue weighted by Gasteiger charge is -2.43. The number of aliphatic hydroxyl groups is 1. The molecule has 2 atom stereocenters. The normalized spacial score (nSPS) is 22.4. The number of likely N-dealkylation sites (tertiary alicyclic amines) is 1. The van der Waals surface area contributed by atoms with Crippen LogP contribution in [0.4, 0.5) is 4.39 Å². The largest absolute Gasteiger partial charge is 0.481 e. The van der Waals surface area contributed by atoms with Crippen molar-refractivity contribution in [3.8, 4) is 0 Å². The van der Waals surface area contributed by atoms with Gasteiger partial charge in [-0.3, -0.25) is 14.4 Å². The average molecular weight is 374 g/mol. The molecule has 0 saturated carbocycles. The fraction of sp³-hybridized carbons (Fsp3) is 0.316. The lowest BCUT2D eigenvalue weighted by Crippen LogP contribution is -2.58. The maximum absolute atomic E-state index is 13.1. The quantitative estimate of drug-likeness (QED) is 0.740. The van der Waals surface area contributed by atoms with Crippen LogP contribution in [0, 0.1) is 11.2 Å². The number of nitrogens with zero attached hydrogens (tertiary/aromatic N) is 1. The highest BCUT2D eigenvalue weighted by Gasteiger charge is 2.50. The number of aliphatic carboxylic acids is 1. The van der Waals surface area contributed by atoms with Gasteiger partial charge in [-0.15, -0.1) is 0 Å². The molecular weight excluding hydrogens is 355 g/mol. The molecule has 2 aromatic rings. The zero-order valence-corrected chi connectivity index (χ0v) is 14.4. The molecule has 1 fully saturated rings. The predicted molar refractivity (Wildman–Crippen MR) is 93.8 cm³/mol. The van der Waals surface area contributed by atoms with Crippen molar-refractivity contribution in [1.82, 2.24) is 9.88 Å². The van der Waals surface area contributed by atoms with E-state index in [2.05, 4.69) is 4.98 Å². The summed E-state index contributed by atoms with van der Waals surface area (Å²) in [6.45, 7) is -0.00356. The highest BCUT2D eigenvalue weighted by molar-refractivity contribution is 5.94. The van der Waals surface area contributed by atoms with Crippen LogP contribution in [0.25, 0.3) is 0 Å². The highest BCUT2D eigenvalue weighted by atomic mass is 19.1. The SMILES string of the molecule is O=C(c1ccc(=O)[nH]c1)N1CC[C@H](O)[C@](Cc2ccc(F)cc2)(C(=O)O)C1. The molecule has 3 rings (SSSR count). The number of amides is 1. The number of nitrogens with one attached hydrogen (secondary N) is 1. The number of hydrogen-bond donors (Lipinski definition) is 3. The van der Waals surface area contributed by atoms with Gasteiger partial charge in [0.05, 0.1) is 11.7 Å². The summed E-state index contributed by atoms with van der Waals surface area (Å²) in [5.41, 5.74) is -1.17. The van der Waals surface area contributed by atoms with Crippen molar-refractivity contribution in [2.24, 2.45) is 5.41 Å². The van der Waals surface area contributed by atoms with Crippen molar-refractivity contribution < 1.29 is 24.2 Å². The number of pyridine rings is 1. The van der Waals surface area contributed by atoms with Gasteiger partial charge in [-0.2, -0.15) is 0 Å². The van der Waals surface area contributed by atoms with E-state index >= 15 is 0 Å². The van der Waals surface area contributed by atoms with Crippen LogP contribution in [0.5, 0.6) is 0 Å². The van der Waals surface area contributed by atoms with E-state index < -0.39 is 29.2 Å². The minimum Gasteiger partial charge on any atom is -0.481 e. The third-order valence-corrected chi connectivity index (χ3v) is 4.96. The molecule has 1 aliphatic heterocycles. The van der Waals surface area contributed by atoms with Crippen LogP contribution in [0.2, 0.25) is 0 Å². The first-order chi connectivity index (χ1) is 12.8. The van der Waals surface area contributed by atoms with Gasteiger partial charge in [0.25, 0.3) is 5.91 Å². The number of carboxylic acid groups (broad SMARTS) is 1. The van der Waals surface area contributed by atoms with Gasteiger partial charge in [-0.05, 0) is 36.6 Å². The Kier molecular flexibility index (Phi) is 5.09. The molecule has 1 aliphatic rings. The van der Waals surface area contributed by atoms with E-state index in [9.17, 15) is 29.0 Å². The lowest BCUT2D eigenvalue weighted by molar-refractivity contribution is -0.161. The Labute approximate surface area is 154 Å². The monoisotopic (exact) mass is 374 g/mol. The fourth-order valence-corrected chi connectivity index (χ4v) is 3.40. The average Bonchev–Trinajstić information content (AvgIpc) is 2.65. The first-order valence-corrected chi connectivity index (χ1v) is 8.46. The summed E-state index contributed by atoms with van der Waals surface area (Å²) in [7, 11) is 0. The minimum absolute atomic E-state index is 0.0425. The standard InChI is InChI=1S/C19H19FN2O5/c20-14-4-1-12(2-5-14)9-19(18(26)27)11-22(8-7-15(19)23)17(25)13-3-6-16(24)21-10-13/h1-6,10,15,23H,7-9,11H2,(H,21,24)(H,26,27)/t15-,19+/m0/s1. The van der Waals surface area contributed by atoms with Gasteiger partial charge in [0.2, 0.25) is 5.56 Å². The summed E-state index contributed by atoms with van der Waals surface area (Å²) >= 11 is 0. The van der Waals surface area contributed by atoms with Gasteiger partial charge >= 0.3 is 5.97 Å². The van der Waals surface area contributed by atoms with Crippen molar-refractivity contribution in [2.75, 3.05) is 13.1 Å². The number of aromatic nitrogens is 1. The summed E-state index contributed by atoms with van der Waals surface area (Å²) in [4.78, 5) is 39.7. The highest BCUT2D eigenvalue weighted by Crippen LogP contribution is 2.35. The molecule has 27 heavy (non-hydrogen) atoms. The zero-order chi connectivity index (χ0) is 19.6. The van der Waals surface area contributed by atoms with Gasteiger partial charge in [-0.25, -0.2) is 4.39 Å². The van der Waals surface area contributed by atoms with E-state index in [1.54, 1.807) is 0 Å². The van der Waals surface area contributed by atoms with E-state index in [1.165, 1.54) is 47.5 Å². The minimum atomic E-state index is -1.60. The smallest absolute Gasteiger partial charge is 0.314 e. The van der Waals surface area contributed by atoms with Gasteiger partial charge in [0.1, 0.15) is 11.2 Å². The van der Waals surface area contributed by atoms with Crippen molar-refractivity contribution in [3.63, 3.8) is 0 Å². The molecule has 1 aromatic carbocycles. The van der Waals surface area contributed by atoms with Crippen LogP contribution >= 0.6 is 0 Å². The van der Waals surface area contributed by atoms with Crippen molar-refractivity contribution in [2.45, 2.75) is 18.9 Å². The fourth-order valence-electron chi connectivity index (χ4n) is 3.40. The van der Waals surface area contributed by atoms with E-state index in [0.717, 1.165) is 0 Å². The number of carbonyl (C=O) groups excluding carboxylic acids is 1. The Morgan fingerprint density at radius 1 is 1.22 bits per heavy atom. The lowest BCUT2D eigenvalue weighted by atomic mass is 9.72. The molecule has 0 aliphatic carbocycles. The van der Waals surface area contributed by atoms with Crippen LogP contribution in [-0.2, 0) is 11.2 Å². The Balaban J connectivity index is 1.89. The molecule has 1 amide bonds. The number of H-pyrrole nitrogens is 1. The number of rotatable bonds is 4. The second-order valence-corrected chi connectivity index (χ2v) is 6.74. The summed E-state index contributed by atoms with van der Waals surface area (Å²) in [6, 6.07) is 7.97. The second-order valence-electron chi connectivity index (χ2n) is 6.74. The molecule has 142 valence electrons. The first-order valence-electron chi connectivity index (χ1n) is 8.46. The van der Waals surface area contributed by atoms with E-state index in [-0.39, 0.29) is 37.1 Å². The molecule has 1 aromatic heterocycles. The summed E-state index contributed by atoms with van der Waals surface area (Å²) < 4.78 is 13.1. The number of carboxylic acids is 1. The van der Waals surface area contributed by atoms with E-state index in [1.807, 2.05) is 0 Å². The molecule has 0 radical (unpaired) electrons. The summed E-state index contributed by atoms with van der Waals surface area (Å²) in [5, 5.41) is 20.3. The van der Waals surface area contributed by atoms with Crippen molar-refractivity contribution >= 4 is 11.9 Å². The number of aromatic amines is 1. The third kappa shape index (κ3) is 3.75. The first kappa shape index (κ1) is 18.8. The number of benzene rings is 1. The van der Waals surface area contributed by atoms with Crippen molar-refractivity contribution in [1.29, 1.82) is 0 Å². The molecule has 7 nitrogen and oxygen atoms in total. The van der Waals surface area contributed by atoms with Gasteiger partial charge in [0.15, 0.2) is 0 Å². The predicted octanol–water partition coefficient (Wildman–Crippen LogP) is 1.03. The molecule has 0 spiro atoms. The Morgan fingerprint density at radius 2 is 1.93 bits per heavy atom. The van der Waals surface area contributed by atoms with Gasteiger partial charge in [-0.1, -0.05) is 12.1 Å². The van der Waals surface area contributed by atoms with Gasteiger partial charge < -0.3 is 20.1 Å². The summed E-state index contributed by atoms with van der Waals surface area (Å²) in [5.74, 6) is -2.09. The van der Waals surface area contributed by atoms with Crippen LogP contribution in [0.3, 0.4) is 0 Å². The molecule has 3 N–H and O–H groups in total. The molecule has 1 saturated heterocycles. The Morgan fingerprint density at radius 3 is 2.52 bits per heavy atom. The summed E-state index contributed by atoms with van der Waals surface area (Å²) in [6.07, 6.45) is 0.180. The maximum Gasteiger partial charge on any atom is 0.314 e. The third-order valence-electron chi connectivity index (χ3n) is 4.96. The van der Waals surface area contributed by atoms with Crippen LogP contribution in [0.15, 0.2) is 47.4 Å². The molecule has 2 heterocycles. The van der Waals surface area contributed by atoms with E-state index in [4.69, 9.17) is 0 Å². The van der Waals surface area contributed by atoms with Crippen molar-refractivity contribution in [3.05, 3.63) is 69.9 Å². The zero-order valence-electron chi connectivity index (χ0n) is 14.4. The number of aliphatic hydroxyl groups excluding tert-OH is 1. The molecule has 8 heteroatoms. The number of halogens is 1. The van der Waals surface area contributed by atoms with E-state index in [0.29, 0.717) is 5.56 Å². The topological polar surface area (TPSA) is 111 Å². The second kappa shape index (κ2) is 7.32.